The van der Waals surface area contributed by atoms with Gasteiger partial charge in [-0.05, 0) is 61.3 Å². The number of rotatable bonds is 9. The minimum absolute atomic E-state index is 0.0649. The van der Waals surface area contributed by atoms with Gasteiger partial charge in [-0.25, -0.2) is 4.39 Å². The lowest BCUT2D eigenvalue weighted by atomic mass is 10.0. The van der Waals surface area contributed by atoms with Gasteiger partial charge in [-0.3, -0.25) is 19.2 Å². The van der Waals surface area contributed by atoms with Crippen LogP contribution in [0.5, 0.6) is 0 Å². The van der Waals surface area contributed by atoms with E-state index in [0.29, 0.717) is 24.8 Å². The van der Waals surface area contributed by atoms with Crippen LogP contribution in [0.25, 0.3) is 0 Å². The molecule has 0 saturated carbocycles. The van der Waals surface area contributed by atoms with Crippen molar-refractivity contribution in [1.29, 1.82) is 5.26 Å². The maximum atomic E-state index is 14.2. The lowest BCUT2D eigenvalue weighted by Gasteiger charge is -2.26. The minimum Gasteiger partial charge on any atom is -0.339 e. The third kappa shape index (κ3) is 17.4. The van der Waals surface area contributed by atoms with Crippen LogP contribution >= 0.6 is 0 Å². The van der Waals surface area contributed by atoms with E-state index in [2.05, 4.69) is 39.1 Å². The van der Waals surface area contributed by atoms with Crippen LogP contribution in [0.2, 0.25) is 0 Å². The van der Waals surface area contributed by atoms with E-state index in [4.69, 9.17) is 5.26 Å². The molecular formula is C35H52F3N5O4. The molecule has 3 rings (SSSR count). The summed E-state index contributed by atoms with van der Waals surface area (Å²) >= 11 is 0. The quantitative estimate of drug-likeness (QED) is 0.325. The standard InChI is InChI=1S/C21H25F3N4O3.C7H9NO.C5H12.C2H6/c1-13-8-17(10-25)28(11-13)18(29)12-27(3)19(30)14(2)26-20(31)21(23,24)9-15-4-6-16(22)7-5-15;9-6-8-7-4-2-1-3-5-7;1-5(2,3)4;1-2/h4-7,13-14,17H,8-9,11-12H2,1-3H3,(H,26,31);2,4-6H,1,3H2,(H,8,9);1-4H3;1-2H3. The Kier molecular flexibility index (Phi) is 19.0. The third-order valence-electron chi connectivity index (χ3n) is 6.34. The van der Waals surface area contributed by atoms with E-state index in [-0.39, 0.29) is 18.0 Å². The first-order chi connectivity index (χ1) is 21.9. The second-order valence-corrected chi connectivity index (χ2v) is 12.8. The molecular weight excluding hydrogens is 611 g/mol. The summed E-state index contributed by atoms with van der Waals surface area (Å²) in [6, 6.07) is 4.53. The molecule has 1 heterocycles. The number of likely N-dealkylation sites (N-methyl/N-ethyl adjacent to an activating group) is 1. The molecule has 0 spiro atoms. The largest absolute Gasteiger partial charge is 0.339 e. The normalized spacial score (nSPS) is 17.4. The zero-order chi connectivity index (χ0) is 36.4. The summed E-state index contributed by atoms with van der Waals surface area (Å²) in [4.78, 5) is 49.2. The molecule has 2 N–H and O–H groups in total. The average molecular weight is 664 g/mol. The van der Waals surface area contributed by atoms with Crippen molar-refractivity contribution in [2.24, 2.45) is 11.3 Å². The molecule has 0 aromatic heterocycles. The van der Waals surface area contributed by atoms with Gasteiger partial charge in [0.25, 0.3) is 5.91 Å². The molecule has 0 bridgehead atoms. The lowest BCUT2D eigenvalue weighted by molar-refractivity contribution is -0.149. The van der Waals surface area contributed by atoms with Gasteiger partial charge in [-0.2, -0.15) is 14.0 Å². The summed E-state index contributed by atoms with van der Waals surface area (Å²) in [6.45, 7) is 16.0. The van der Waals surface area contributed by atoms with Crippen molar-refractivity contribution in [2.75, 3.05) is 20.1 Å². The Hall–Kier alpha value is -4.14. The molecule has 3 atom stereocenters. The molecule has 9 nitrogen and oxygen atoms in total. The number of carbonyl (C=O) groups is 4. The zero-order valence-electron chi connectivity index (χ0n) is 29.2. The molecule has 262 valence electrons. The van der Waals surface area contributed by atoms with Gasteiger partial charge in [0.1, 0.15) is 17.9 Å². The number of nitrogens with one attached hydrogen (secondary N) is 2. The highest BCUT2D eigenvalue weighted by Crippen LogP contribution is 2.23. The molecule has 47 heavy (non-hydrogen) atoms. The number of nitriles is 1. The Morgan fingerprint density at radius 2 is 1.70 bits per heavy atom. The molecule has 1 aliphatic heterocycles. The highest BCUT2D eigenvalue weighted by Gasteiger charge is 2.40. The van der Waals surface area contributed by atoms with Crippen LogP contribution in [-0.2, 0) is 25.6 Å². The van der Waals surface area contributed by atoms with Gasteiger partial charge in [0, 0.05) is 25.7 Å². The number of amides is 4. The number of halogens is 3. The van der Waals surface area contributed by atoms with Gasteiger partial charge in [-0.1, -0.05) is 72.8 Å². The van der Waals surface area contributed by atoms with Crippen molar-refractivity contribution < 1.29 is 32.3 Å². The van der Waals surface area contributed by atoms with Crippen molar-refractivity contribution in [2.45, 2.75) is 99.1 Å². The highest BCUT2D eigenvalue weighted by atomic mass is 19.3. The topological polar surface area (TPSA) is 123 Å². The second kappa shape index (κ2) is 20.9. The first-order valence-corrected chi connectivity index (χ1v) is 15.8. The highest BCUT2D eigenvalue weighted by molar-refractivity contribution is 5.92. The van der Waals surface area contributed by atoms with Crippen LogP contribution in [0.15, 0.2) is 48.2 Å². The van der Waals surface area contributed by atoms with E-state index in [1.54, 1.807) is 0 Å². The fourth-order valence-electron chi connectivity index (χ4n) is 4.24. The maximum absolute atomic E-state index is 14.2. The van der Waals surface area contributed by atoms with Crippen molar-refractivity contribution in [1.82, 2.24) is 20.4 Å². The van der Waals surface area contributed by atoms with E-state index in [9.17, 15) is 32.3 Å². The number of nitrogens with zero attached hydrogens (tertiary/aromatic N) is 3. The number of benzene rings is 1. The summed E-state index contributed by atoms with van der Waals surface area (Å²) < 4.78 is 41.4. The van der Waals surface area contributed by atoms with Gasteiger partial charge in [0.05, 0.1) is 12.6 Å². The number of likely N-dealkylation sites (tertiary alicyclic amines) is 1. The van der Waals surface area contributed by atoms with Gasteiger partial charge < -0.3 is 20.4 Å². The van der Waals surface area contributed by atoms with Crippen LogP contribution in [0.1, 0.15) is 80.2 Å². The Bertz CT molecular complexity index is 1250. The molecule has 1 fully saturated rings. The third-order valence-corrected chi connectivity index (χ3v) is 6.34. The number of alkyl halides is 2. The Balaban J connectivity index is 0.00000108. The van der Waals surface area contributed by atoms with Gasteiger partial charge in [-0.15, -0.1) is 0 Å². The fraction of sp³-hybridized carbons (Fsp3) is 0.571. The zero-order valence-corrected chi connectivity index (χ0v) is 29.2. The van der Waals surface area contributed by atoms with Gasteiger partial charge in [0.2, 0.25) is 18.2 Å². The fourth-order valence-corrected chi connectivity index (χ4v) is 4.24. The molecule has 3 unspecified atom stereocenters. The van der Waals surface area contributed by atoms with Gasteiger partial charge in [0.15, 0.2) is 0 Å². The number of allylic oxidation sites excluding steroid dienone is 3. The number of carbonyl (C=O) groups excluding carboxylic acids is 4. The minimum atomic E-state index is -3.81. The molecule has 0 radical (unpaired) electrons. The van der Waals surface area contributed by atoms with Crippen molar-refractivity contribution in [3.05, 3.63) is 59.6 Å². The monoisotopic (exact) mass is 663 g/mol. The summed E-state index contributed by atoms with van der Waals surface area (Å²) in [6.07, 6.45) is 8.39. The lowest BCUT2D eigenvalue weighted by Crippen LogP contribution is -2.52. The van der Waals surface area contributed by atoms with E-state index < -0.39 is 48.0 Å². The Morgan fingerprint density at radius 1 is 1.13 bits per heavy atom. The van der Waals surface area contributed by atoms with E-state index >= 15 is 0 Å². The van der Waals surface area contributed by atoms with Crippen LogP contribution in [-0.4, -0.2) is 72.1 Å². The van der Waals surface area contributed by atoms with Crippen molar-refractivity contribution >= 4 is 24.1 Å². The molecule has 1 aromatic carbocycles. The molecule has 2 aliphatic rings. The Labute approximate surface area is 278 Å². The Morgan fingerprint density at radius 3 is 2.19 bits per heavy atom. The van der Waals surface area contributed by atoms with Crippen LogP contribution in [0, 0.1) is 28.5 Å². The molecule has 1 saturated heterocycles. The van der Waals surface area contributed by atoms with Crippen LogP contribution < -0.4 is 10.6 Å². The number of hydrogen-bond acceptors (Lipinski definition) is 5. The summed E-state index contributed by atoms with van der Waals surface area (Å²) in [5.74, 6) is -7.02. The predicted octanol–water partition coefficient (Wildman–Crippen LogP) is 5.77. The summed E-state index contributed by atoms with van der Waals surface area (Å²) in [7, 11) is 1.32. The second-order valence-electron chi connectivity index (χ2n) is 12.8. The molecule has 1 aliphatic carbocycles. The summed E-state index contributed by atoms with van der Waals surface area (Å²) in [5, 5.41) is 13.7. The number of hydrogen-bond donors (Lipinski definition) is 2. The molecule has 1 aromatic rings. The SMILES string of the molecule is CC.CC(C)(C)C.CC1CC(C#N)N(C(=O)CN(C)C(=O)C(C)NC(=O)C(F)(F)Cc2ccc(F)cc2)C1.O=CNC1=CCCC=C1. The van der Waals surface area contributed by atoms with Crippen molar-refractivity contribution in [3.63, 3.8) is 0 Å². The molecule has 4 amide bonds. The van der Waals surface area contributed by atoms with E-state index in [1.165, 1.54) is 18.9 Å². The van der Waals surface area contributed by atoms with E-state index in [0.717, 1.165) is 47.7 Å². The van der Waals surface area contributed by atoms with Crippen molar-refractivity contribution in [3.8, 4) is 6.07 Å². The smallest absolute Gasteiger partial charge is 0.328 e. The first-order valence-electron chi connectivity index (χ1n) is 15.8. The van der Waals surface area contributed by atoms with Crippen LogP contribution in [0.3, 0.4) is 0 Å². The molecule has 12 heteroatoms. The summed E-state index contributed by atoms with van der Waals surface area (Å²) in [5.41, 5.74) is 1.48. The van der Waals surface area contributed by atoms with Gasteiger partial charge >= 0.3 is 5.92 Å². The van der Waals surface area contributed by atoms with Crippen LogP contribution in [0.4, 0.5) is 13.2 Å². The first kappa shape index (κ1) is 42.9. The average Bonchev–Trinajstić information content (AvgIpc) is 3.39. The van der Waals surface area contributed by atoms with E-state index in [1.807, 2.05) is 44.3 Å². The predicted molar refractivity (Wildman–Crippen MR) is 177 cm³/mol. The maximum Gasteiger partial charge on any atom is 0.328 e.